The Labute approximate surface area is 232 Å². The second-order valence-electron chi connectivity index (χ2n) is 9.42. The number of benzene rings is 5. The fourth-order valence-electron chi connectivity index (χ4n) is 5.03. The van der Waals surface area contributed by atoms with E-state index in [1.165, 1.54) is 26.5 Å². The molecule has 0 aliphatic heterocycles. The summed E-state index contributed by atoms with van der Waals surface area (Å²) < 4.78 is 5.30. The number of hydrogen-bond donors (Lipinski definition) is 0. The van der Waals surface area contributed by atoms with Gasteiger partial charge >= 0.3 is 233 Å². The Morgan fingerprint density at radius 3 is 1.54 bits per heavy atom. The molecule has 192 valence electrons. The monoisotopic (exact) mass is 620 g/mol. The summed E-state index contributed by atoms with van der Waals surface area (Å²) in [5, 5.41) is 20.2. The molecule has 6 nitrogen and oxygen atoms in total. The molecule has 0 aliphatic rings. The molecule has 0 saturated carbocycles. The van der Waals surface area contributed by atoms with E-state index in [9.17, 15) is 10.1 Å². The molecule has 0 radical (unpaired) electrons. The van der Waals surface area contributed by atoms with Gasteiger partial charge in [-0.15, -0.1) is 0 Å². The molecule has 0 unspecified atom stereocenters. The number of azo groups is 1. The van der Waals surface area contributed by atoms with Crippen LogP contribution in [0.2, 0.25) is 0 Å². The second kappa shape index (κ2) is 11.6. The van der Waals surface area contributed by atoms with Crippen molar-refractivity contribution in [3.8, 4) is 0 Å². The third kappa shape index (κ3) is 5.33. The molecule has 0 amide bonds. The van der Waals surface area contributed by atoms with Crippen LogP contribution in [0.4, 0.5) is 22.7 Å². The SMILES string of the molecule is CN(C)c1cc[c]([Sn]([c]2ccccc2)([c]2ccccc2)[c]2ccccc2)cc1N=Nc1ccc([N+](=O)[O-])cc1. The molecule has 0 aromatic heterocycles. The van der Waals surface area contributed by atoms with Gasteiger partial charge in [-0.1, -0.05) is 0 Å². The number of hydrogen-bond acceptors (Lipinski definition) is 5. The van der Waals surface area contributed by atoms with Crippen LogP contribution in [0.15, 0.2) is 144 Å². The van der Waals surface area contributed by atoms with Crippen LogP contribution in [0.3, 0.4) is 0 Å². The van der Waals surface area contributed by atoms with Gasteiger partial charge in [0.15, 0.2) is 0 Å². The van der Waals surface area contributed by atoms with Crippen LogP contribution in [0.25, 0.3) is 0 Å². The van der Waals surface area contributed by atoms with Crippen molar-refractivity contribution in [3.63, 3.8) is 0 Å². The Kier molecular flexibility index (Phi) is 7.84. The van der Waals surface area contributed by atoms with Crippen molar-refractivity contribution in [3.05, 3.63) is 144 Å². The van der Waals surface area contributed by atoms with E-state index >= 15 is 0 Å². The predicted octanol–water partition coefficient (Wildman–Crippen LogP) is 5.45. The molecule has 0 atom stereocenters. The van der Waals surface area contributed by atoms with Gasteiger partial charge in [-0.2, -0.15) is 0 Å². The average Bonchev–Trinajstić information content (AvgIpc) is 2.98. The summed E-state index contributed by atoms with van der Waals surface area (Å²) in [5.74, 6) is 0. The van der Waals surface area contributed by atoms with E-state index < -0.39 is 23.3 Å². The molecule has 5 aromatic carbocycles. The summed E-state index contributed by atoms with van der Waals surface area (Å²) in [7, 11) is 3.98. The number of nitrogens with zero attached hydrogens (tertiary/aromatic N) is 4. The van der Waals surface area contributed by atoms with Gasteiger partial charge in [0.1, 0.15) is 0 Å². The van der Waals surface area contributed by atoms with Crippen LogP contribution >= 0.6 is 0 Å². The van der Waals surface area contributed by atoms with Crippen LogP contribution in [0.5, 0.6) is 0 Å². The van der Waals surface area contributed by atoms with Crippen molar-refractivity contribution in [2.75, 3.05) is 19.0 Å². The standard InChI is InChI=1S/C14H13N4O2.3C6H5.Sn/c1-17(2)14-6-4-3-5-13(14)16-15-11-7-9-12(10-8-11)18(19)20;3*1-2-4-6-5-3-1;/h4-10H,1-2H3;3*1-5H;. The van der Waals surface area contributed by atoms with Crippen LogP contribution in [0.1, 0.15) is 0 Å². The van der Waals surface area contributed by atoms with Crippen molar-refractivity contribution >= 4 is 55.4 Å². The third-order valence-electron chi connectivity index (χ3n) is 6.84. The molecule has 0 fully saturated rings. The Hall–Kier alpha value is -4.30. The van der Waals surface area contributed by atoms with Crippen LogP contribution < -0.4 is 19.2 Å². The Morgan fingerprint density at radius 1 is 0.615 bits per heavy atom. The normalized spacial score (nSPS) is 11.4. The second-order valence-corrected chi connectivity index (χ2v) is 20.3. The minimum atomic E-state index is -3.79. The van der Waals surface area contributed by atoms with E-state index in [0.29, 0.717) is 5.69 Å². The predicted molar refractivity (Wildman–Crippen MR) is 162 cm³/mol. The molecule has 5 rings (SSSR count). The zero-order valence-electron chi connectivity index (χ0n) is 21.8. The Balaban J connectivity index is 1.74. The topological polar surface area (TPSA) is 71.1 Å². The summed E-state index contributed by atoms with van der Waals surface area (Å²) in [6.45, 7) is 0. The summed E-state index contributed by atoms with van der Waals surface area (Å²) in [6.07, 6.45) is 0. The van der Waals surface area contributed by atoms with Crippen LogP contribution in [-0.4, -0.2) is 37.4 Å². The summed E-state index contributed by atoms with van der Waals surface area (Å²) in [5.41, 5.74) is 2.27. The molecule has 0 N–H and O–H groups in total. The van der Waals surface area contributed by atoms with Crippen molar-refractivity contribution in [2.45, 2.75) is 0 Å². The molecule has 0 bridgehead atoms. The first-order valence-electron chi connectivity index (χ1n) is 12.6. The van der Waals surface area contributed by atoms with Gasteiger partial charge < -0.3 is 0 Å². The van der Waals surface area contributed by atoms with Gasteiger partial charge in [-0.3, -0.25) is 0 Å². The van der Waals surface area contributed by atoms with Gasteiger partial charge in [-0.05, 0) is 0 Å². The van der Waals surface area contributed by atoms with E-state index in [1.54, 1.807) is 12.1 Å². The molecule has 0 spiro atoms. The Morgan fingerprint density at radius 2 is 1.10 bits per heavy atom. The van der Waals surface area contributed by atoms with Gasteiger partial charge in [0.25, 0.3) is 0 Å². The van der Waals surface area contributed by atoms with Crippen molar-refractivity contribution < 1.29 is 4.92 Å². The Bertz CT molecular complexity index is 1490. The zero-order valence-corrected chi connectivity index (χ0v) is 24.7. The molecule has 39 heavy (non-hydrogen) atoms. The van der Waals surface area contributed by atoms with Crippen molar-refractivity contribution in [1.82, 2.24) is 0 Å². The third-order valence-corrected chi connectivity index (χ3v) is 20.5. The minimum absolute atomic E-state index is 0.0253. The van der Waals surface area contributed by atoms with Crippen LogP contribution in [0, 0.1) is 10.1 Å². The summed E-state index contributed by atoms with van der Waals surface area (Å²) in [6, 6.07) is 45.1. The molecular weight excluding hydrogens is 591 g/mol. The number of anilines is 1. The summed E-state index contributed by atoms with van der Waals surface area (Å²) >= 11 is -3.79. The first kappa shape index (κ1) is 26.3. The van der Waals surface area contributed by atoms with E-state index in [1.807, 2.05) is 19.0 Å². The van der Waals surface area contributed by atoms with E-state index in [0.717, 1.165) is 11.4 Å². The van der Waals surface area contributed by atoms with Crippen LogP contribution in [-0.2, 0) is 0 Å². The number of non-ortho nitro benzene ring substituents is 1. The first-order chi connectivity index (χ1) is 19.0. The van der Waals surface area contributed by atoms with Gasteiger partial charge in [0, 0.05) is 0 Å². The number of nitro groups is 1. The van der Waals surface area contributed by atoms with Gasteiger partial charge in [0.05, 0.1) is 0 Å². The molecule has 0 aliphatic carbocycles. The van der Waals surface area contributed by atoms with E-state index in [2.05, 4.69) is 119 Å². The molecule has 5 aromatic rings. The van der Waals surface area contributed by atoms with Gasteiger partial charge in [-0.25, -0.2) is 0 Å². The molecular formula is C32H28N4O2Sn. The molecule has 7 heteroatoms. The van der Waals surface area contributed by atoms with Crippen molar-refractivity contribution in [2.24, 2.45) is 10.2 Å². The summed E-state index contributed by atoms with van der Waals surface area (Å²) in [4.78, 5) is 12.7. The maximum atomic E-state index is 11.0. The van der Waals surface area contributed by atoms with Crippen molar-refractivity contribution in [1.29, 1.82) is 0 Å². The average molecular weight is 619 g/mol. The zero-order chi connectivity index (χ0) is 27.2. The number of nitro benzene ring substituents is 1. The number of rotatable bonds is 8. The molecule has 0 heterocycles. The van der Waals surface area contributed by atoms with E-state index in [-0.39, 0.29) is 5.69 Å². The fourth-order valence-corrected chi connectivity index (χ4v) is 18.6. The fraction of sp³-hybridized carbons (Fsp3) is 0.0625. The maximum absolute atomic E-state index is 11.0. The van der Waals surface area contributed by atoms with E-state index in [4.69, 9.17) is 0 Å². The molecule has 0 saturated heterocycles. The van der Waals surface area contributed by atoms with Gasteiger partial charge in [0.2, 0.25) is 0 Å². The first-order valence-corrected chi connectivity index (χ1v) is 18.4. The quantitative estimate of drug-likeness (QED) is 0.100.